The Hall–Kier alpha value is -1.29. The van der Waals surface area contributed by atoms with Crippen molar-refractivity contribution in [3.8, 4) is 0 Å². The monoisotopic (exact) mass is 261 g/mol. The Labute approximate surface area is 113 Å². The molecule has 0 unspecified atom stereocenters. The summed E-state index contributed by atoms with van der Waals surface area (Å²) in [5, 5.41) is 4.74. The Kier molecular flexibility index (Phi) is 4.81. The van der Waals surface area contributed by atoms with Gasteiger partial charge in [0.1, 0.15) is 12.2 Å². The zero-order valence-electron chi connectivity index (χ0n) is 10.9. The summed E-state index contributed by atoms with van der Waals surface area (Å²) in [7, 11) is 0. The lowest BCUT2D eigenvalue weighted by Crippen LogP contribution is -2.09. The van der Waals surface area contributed by atoms with Gasteiger partial charge in [-0.1, -0.05) is 37.3 Å². The summed E-state index contributed by atoms with van der Waals surface area (Å²) >= 11 is 1.90. The van der Waals surface area contributed by atoms with Crippen molar-refractivity contribution in [1.29, 1.82) is 0 Å². The molecule has 0 aliphatic carbocycles. The highest BCUT2D eigenvalue weighted by Gasteiger charge is 2.12. The Morgan fingerprint density at radius 2 is 2.06 bits per heavy atom. The van der Waals surface area contributed by atoms with Crippen LogP contribution in [0.4, 0.5) is 0 Å². The summed E-state index contributed by atoms with van der Waals surface area (Å²) in [6.45, 7) is 5.26. The fraction of sp³-hybridized carbons (Fsp3) is 0.429. The molecular formula is C14H19N3S. The van der Waals surface area contributed by atoms with Crippen molar-refractivity contribution in [3.63, 3.8) is 0 Å². The van der Waals surface area contributed by atoms with E-state index in [-0.39, 0.29) is 0 Å². The van der Waals surface area contributed by atoms with Crippen LogP contribution in [0.25, 0.3) is 0 Å². The first kappa shape index (κ1) is 13.1. The summed E-state index contributed by atoms with van der Waals surface area (Å²) in [4.78, 5) is 4.38. The maximum absolute atomic E-state index is 4.38. The number of hydrogen-bond donors (Lipinski definition) is 0. The van der Waals surface area contributed by atoms with Crippen molar-refractivity contribution in [2.45, 2.75) is 32.1 Å². The van der Waals surface area contributed by atoms with Crippen LogP contribution in [0.5, 0.6) is 0 Å². The number of aromatic nitrogens is 3. The lowest BCUT2D eigenvalue weighted by Gasteiger charge is -2.11. The van der Waals surface area contributed by atoms with Crippen LogP contribution in [0.2, 0.25) is 0 Å². The van der Waals surface area contributed by atoms with Gasteiger partial charge in [0.05, 0.1) is 5.25 Å². The average Bonchev–Trinajstić information content (AvgIpc) is 2.86. The molecule has 0 radical (unpaired) electrons. The molecule has 0 bridgehead atoms. The van der Waals surface area contributed by atoms with Gasteiger partial charge in [0.25, 0.3) is 0 Å². The highest BCUT2D eigenvalue weighted by atomic mass is 32.2. The fourth-order valence-corrected chi connectivity index (χ4v) is 2.80. The molecule has 0 saturated carbocycles. The smallest absolute Gasteiger partial charge is 0.139 e. The molecule has 1 heterocycles. The fourth-order valence-electron chi connectivity index (χ4n) is 1.96. The Bertz CT molecular complexity index is 467. The van der Waals surface area contributed by atoms with E-state index in [9.17, 15) is 0 Å². The van der Waals surface area contributed by atoms with Gasteiger partial charge in [-0.3, -0.25) is 0 Å². The molecule has 0 aliphatic rings. The van der Waals surface area contributed by atoms with Crippen molar-refractivity contribution < 1.29 is 0 Å². The third-order valence-electron chi connectivity index (χ3n) is 2.88. The maximum atomic E-state index is 4.38. The molecule has 0 amide bonds. The third-order valence-corrected chi connectivity index (χ3v) is 3.93. The second-order valence-corrected chi connectivity index (χ2v) is 5.79. The summed E-state index contributed by atoms with van der Waals surface area (Å²) < 4.78 is 2.03. The first-order chi connectivity index (χ1) is 8.81. The minimum absolute atomic E-state index is 0.410. The molecule has 3 nitrogen and oxygen atoms in total. The molecule has 96 valence electrons. The maximum Gasteiger partial charge on any atom is 0.139 e. The molecule has 0 spiro atoms. The van der Waals surface area contributed by atoms with Crippen molar-refractivity contribution >= 4 is 11.8 Å². The van der Waals surface area contributed by atoms with Gasteiger partial charge in [-0.15, -0.1) is 0 Å². The number of rotatable bonds is 6. The van der Waals surface area contributed by atoms with Crippen molar-refractivity contribution in [2.24, 2.45) is 0 Å². The highest BCUT2D eigenvalue weighted by molar-refractivity contribution is 7.99. The highest BCUT2D eigenvalue weighted by Crippen LogP contribution is 2.25. The van der Waals surface area contributed by atoms with E-state index in [2.05, 4.69) is 48.2 Å². The van der Waals surface area contributed by atoms with Crippen LogP contribution in [-0.2, 0) is 13.0 Å². The van der Waals surface area contributed by atoms with Crippen molar-refractivity contribution in [3.05, 3.63) is 48.0 Å². The molecule has 1 atom stereocenters. The molecule has 1 aromatic heterocycles. The van der Waals surface area contributed by atoms with E-state index < -0.39 is 0 Å². The van der Waals surface area contributed by atoms with E-state index in [1.807, 2.05) is 22.5 Å². The topological polar surface area (TPSA) is 30.7 Å². The lowest BCUT2D eigenvalue weighted by molar-refractivity contribution is 0.580. The van der Waals surface area contributed by atoms with Gasteiger partial charge < -0.3 is 0 Å². The summed E-state index contributed by atoms with van der Waals surface area (Å²) in [5.41, 5.74) is 1.34. The minimum Gasteiger partial charge on any atom is -0.249 e. The van der Waals surface area contributed by atoms with Crippen LogP contribution < -0.4 is 0 Å². The van der Waals surface area contributed by atoms with Crippen LogP contribution in [0.15, 0.2) is 36.7 Å². The van der Waals surface area contributed by atoms with Crippen LogP contribution >= 0.6 is 11.8 Å². The standard InChI is InChI=1S/C14H19N3S/c1-3-18-12(2)14-15-11-16-17(14)10-9-13-7-5-4-6-8-13/h4-8,11-12H,3,9-10H2,1-2H3/t12-/m0/s1. The number of thioether (sulfide) groups is 1. The van der Waals surface area contributed by atoms with Crippen LogP contribution in [0, 0.1) is 0 Å². The molecule has 2 aromatic rings. The lowest BCUT2D eigenvalue weighted by atomic mass is 10.1. The van der Waals surface area contributed by atoms with Crippen LogP contribution in [0.1, 0.15) is 30.5 Å². The molecular weight excluding hydrogens is 242 g/mol. The average molecular weight is 261 g/mol. The van der Waals surface area contributed by atoms with Crippen LogP contribution in [-0.4, -0.2) is 20.5 Å². The van der Waals surface area contributed by atoms with Gasteiger partial charge in [0, 0.05) is 6.54 Å². The summed E-state index contributed by atoms with van der Waals surface area (Å²) in [5.74, 6) is 2.19. The Morgan fingerprint density at radius 1 is 1.28 bits per heavy atom. The van der Waals surface area contributed by atoms with E-state index in [1.165, 1.54) is 5.56 Å². The van der Waals surface area contributed by atoms with Crippen molar-refractivity contribution in [1.82, 2.24) is 14.8 Å². The van der Waals surface area contributed by atoms with E-state index >= 15 is 0 Å². The molecule has 2 rings (SSSR count). The number of benzene rings is 1. The first-order valence-electron chi connectivity index (χ1n) is 6.34. The zero-order valence-corrected chi connectivity index (χ0v) is 11.7. The van der Waals surface area contributed by atoms with Gasteiger partial charge in [-0.2, -0.15) is 16.9 Å². The van der Waals surface area contributed by atoms with E-state index in [1.54, 1.807) is 6.33 Å². The predicted molar refractivity (Wildman–Crippen MR) is 76.7 cm³/mol. The molecule has 0 fully saturated rings. The minimum atomic E-state index is 0.410. The van der Waals surface area contributed by atoms with Gasteiger partial charge in [-0.05, 0) is 24.7 Å². The second kappa shape index (κ2) is 6.59. The first-order valence-corrected chi connectivity index (χ1v) is 7.39. The van der Waals surface area contributed by atoms with Gasteiger partial charge in [0.2, 0.25) is 0 Å². The predicted octanol–water partition coefficient (Wildman–Crippen LogP) is 3.33. The number of hydrogen-bond acceptors (Lipinski definition) is 3. The van der Waals surface area contributed by atoms with Gasteiger partial charge in [0.15, 0.2) is 0 Å². The van der Waals surface area contributed by atoms with Crippen LogP contribution in [0.3, 0.4) is 0 Å². The molecule has 4 heteroatoms. The number of aryl methyl sites for hydroxylation is 2. The quantitative estimate of drug-likeness (QED) is 0.799. The van der Waals surface area contributed by atoms with E-state index in [4.69, 9.17) is 0 Å². The van der Waals surface area contributed by atoms with E-state index in [0.29, 0.717) is 5.25 Å². The molecule has 18 heavy (non-hydrogen) atoms. The van der Waals surface area contributed by atoms with Crippen molar-refractivity contribution in [2.75, 3.05) is 5.75 Å². The summed E-state index contributed by atoms with van der Waals surface area (Å²) in [6, 6.07) is 10.5. The molecule has 0 aliphatic heterocycles. The Morgan fingerprint density at radius 3 is 2.78 bits per heavy atom. The second-order valence-electron chi connectivity index (χ2n) is 4.17. The zero-order chi connectivity index (χ0) is 12.8. The largest absolute Gasteiger partial charge is 0.249 e. The Balaban J connectivity index is 2.00. The normalized spacial score (nSPS) is 12.6. The van der Waals surface area contributed by atoms with Gasteiger partial charge in [-0.25, -0.2) is 9.67 Å². The molecule has 1 aromatic carbocycles. The summed E-state index contributed by atoms with van der Waals surface area (Å²) in [6.07, 6.45) is 2.66. The molecule has 0 saturated heterocycles. The van der Waals surface area contributed by atoms with Gasteiger partial charge >= 0.3 is 0 Å². The SMILES string of the molecule is CCS[C@@H](C)c1ncnn1CCc1ccccc1. The third kappa shape index (κ3) is 3.35. The number of nitrogens with zero attached hydrogens (tertiary/aromatic N) is 3. The van der Waals surface area contributed by atoms with E-state index in [0.717, 1.165) is 24.5 Å². The molecule has 0 N–H and O–H groups in total.